The summed E-state index contributed by atoms with van der Waals surface area (Å²) in [5.41, 5.74) is -0.274. The number of hydrogen-bond acceptors (Lipinski definition) is 3. The van der Waals surface area contributed by atoms with E-state index in [4.69, 9.17) is 0 Å². The van der Waals surface area contributed by atoms with Gasteiger partial charge in [0.25, 0.3) is 0 Å². The Morgan fingerprint density at radius 1 is 1.38 bits per heavy atom. The zero-order chi connectivity index (χ0) is 11.4. The van der Waals surface area contributed by atoms with Crippen molar-refractivity contribution in [2.45, 2.75) is 44.1 Å². The highest BCUT2D eigenvalue weighted by Crippen LogP contribution is 2.31. The lowest BCUT2D eigenvalue weighted by molar-refractivity contribution is -0.126. The van der Waals surface area contributed by atoms with Gasteiger partial charge in [-0.15, -0.1) is 0 Å². The van der Waals surface area contributed by atoms with Gasteiger partial charge in [0, 0.05) is 6.42 Å². The number of aliphatic hydroxyl groups is 1. The quantitative estimate of drug-likeness (QED) is 0.650. The molecule has 1 heterocycles. The van der Waals surface area contributed by atoms with E-state index >= 15 is 0 Å². The Morgan fingerprint density at radius 3 is 2.56 bits per heavy atom. The van der Waals surface area contributed by atoms with E-state index < -0.39 is 0 Å². The van der Waals surface area contributed by atoms with Gasteiger partial charge in [-0.25, -0.2) is 0 Å². The van der Waals surface area contributed by atoms with E-state index in [2.05, 4.69) is 10.6 Å². The molecule has 4 nitrogen and oxygen atoms in total. The van der Waals surface area contributed by atoms with Gasteiger partial charge in [0.15, 0.2) is 0 Å². The van der Waals surface area contributed by atoms with Crippen LogP contribution in [0, 0.1) is 5.92 Å². The zero-order valence-electron chi connectivity index (χ0n) is 9.80. The van der Waals surface area contributed by atoms with Crippen molar-refractivity contribution >= 4 is 5.91 Å². The Balaban J connectivity index is 1.74. The van der Waals surface area contributed by atoms with Gasteiger partial charge < -0.3 is 15.7 Å². The van der Waals surface area contributed by atoms with Crippen molar-refractivity contribution in [3.63, 3.8) is 0 Å². The molecule has 1 amide bonds. The molecule has 3 N–H and O–H groups in total. The standard InChI is InChI=1S/C12H22N2O2/c15-9-12(4-1-5-12)14-11(16)8-10-2-6-13-7-3-10/h10,13,15H,1-9H2,(H,14,16). The van der Waals surface area contributed by atoms with Crippen LogP contribution in [0.15, 0.2) is 0 Å². The molecule has 2 aliphatic rings. The highest BCUT2D eigenvalue weighted by molar-refractivity contribution is 5.77. The van der Waals surface area contributed by atoms with Crippen molar-refractivity contribution in [2.24, 2.45) is 5.92 Å². The van der Waals surface area contributed by atoms with E-state index in [1.54, 1.807) is 0 Å². The predicted octanol–water partition coefficient (Wildman–Crippen LogP) is 0.407. The van der Waals surface area contributed by atoms with Crippen LogP contribution in [0.25, 0.3) is 0 Å². The van der Waals surface area contributed by atoms with Gasteiger partial charge >= 0.3 is 0 Å². The molecule has 0 atom stereocenters. The summed E-state index contributed by atoms with van der Waals surface area (Å²) in [7, 11) is 0. The molecule has 2 rings (SSSR count). The fourth-order valence-electron chi connectivity index (χ4n) is 2.62. The Hall–Kier alpha value is -0.610. The van der Waals surface area contributed by atoms with Crippen LogP contribution in [0.4, 0.5) is 0 Å². The molecule has 2 fully saturated rings. The van der Waals surface area contributed by atoms with Gasteiger partial charge in [-0.2, -0.15) is 0 Å². The second-order valence-electron chi connectivity index (χ2n) is 5.24. The summed E-state index contributed by atoms with van der Waals surface area (Å²) in [6, 6.07) is 0. The smallest absolute Gasteiger partial charge is 0.220 e. The summed E-state index contributed by atoms with van der Waals surface area (Å²) in [6.07, 6.45) is 5.81. The highest BCUT2D eigenvalue weighted by atomic mass is 16.3. The van der Waals surface area contributed by atoms with Gasteiger partial charge in [0.2, 0.25) is 5.91 Å². The normalized spacial score (nSPS) is 24.8. The van der Waals surface area contributed by atoms with E-state index in [1.807, 2.05) is 0 Å². The van der Waals surface area contributed by atoms with Gasteiger partial charge in [-0.3, -0.25) is 4.79 Å². The van der Waals surface area contributed by atoms with Gasteiger partial charge in [0.05, 0.1) is 12.1 Å². The first kappa shape index (κ1) is 11.9. The topological polar surface area (TPSA) is 61.4 Å². The Labute approximate surface area is 96.8 Å². The number of hydrogen-bond donors (Lipinski definition) is 3. The van der Waals surface area contributed by atoms with E-state index in [0.717, 1.165) is 45.2 Å². The maximum Gasteiger partial charge on any atom is 0.220 e. The van der Waals surface area contributed by atoms with Crippen molar-refractivity contribution in [3.8, 4) is 0 Å². The van der Waals surface area contributed by atoms with Crippen molar-refractivity contribution in [2.75, 3.05) is 19.7 Å². The van der Waals surface area contributed by atoms with Crippen LogP contribution in [0.5, 0.6) is 0 Å². The number of amides is 1. The minimum Gasteiger partial charge on any atom is -0.394 e. The number of piperidine rings is 1. The molecule has 0 aromatic carbocycles. The zero-order valence-corrected chi connectivity index (χ0v) is 9.80. The fraction of sp³-hybridized carbons (Fsp3) is 0.917. The van der Waals surface area contributed by atoms with Crippen molar-refractivity contribution in [1.82, 2.24) is 10.6 Å². The third kappa shape index (κ3) is 2.74. The van der Waals surface area contributed by atoms with Crippen molar-refractivity contribution in [3.05, 3.63) is 0 Å². The molecule has 0 radical (unpaired) electrons. The molecule has 0 bridgehead atoms. The Morgan fingerprint density at radius 2 is 2.06 bits per heavy atom. The fourth-order valence-corrected chi connectivity index (χ4v) is 2.62. The van der Waals surface area contributed by atoms with Gasteiger partial charge in [0.1, 0.15) is 0 Å². The maximum atomic E-state index is 11.8. The second-order valence-corrected chi connectivity index (χ2v) is 5.24. The Bertz CT molecular complexity index is 240. The molecule has 0 spiro atoms. The summed E-state index contributed by atoms with van der Waals surface area (Å²) < 4.78 is 0. The monoisotopic (exact) mass is 226 g/mol. The SMILES string of the molecule is O=C(CC1CCNCC1)NC1(CO)CCC1. The Kier molecular flexibility index (Phi) is 3.82. The predicted molar refractivity (Wildman–Crippen MR) is 62.0 cm³/mol. The second kappa shape index (κ2) is 5.15. The minimum atomic E-state index is -0.274. The van der Waals surface area contributed by atoms with Crippen LogP contribution in [0.1, 0.15) is 38.5 Å². The van der Waals surface area contributed by atoms with E-state index in [0.29, 0.717) is 12.3 Å². The molecule has 1 saturated heterocycles. The lowest BCUT2D eigenvalue weighted by Crippen LogP contribution is -2.56. The van der Waals surface area contributed by atoms with Gasteiger partial charge in [-0.1, -0.05) is 0 Å². The van der Waals surface area contributed by atoms with Crippen molar-refractivity contribution in [1.29, 1.82) is 0 Å². The van der Waals surface area contributed by atoms with Crippen LogP contribution in [-0.4, -0.2) is 36.2 Å². The number of carbonyl (C=O) groups is 1. The summed E-state index contributed by atoms with van der Waals surface area (Å²) in [6.45, 7) is 2.15. The molecule has 1 aliphatic heterocycles. The van der Waals surface area contributed by atoms with Crippen LogP contribution < -0.4 is 10.6 Å². The van der Waals surface area contributed by atoms with E-state index in [9.17, 15) is 9.90 Å². The number of carbonyl (C=O) groups excluding carboxylic acids is 1. The molecule has 4 heteroatoms. The summed E-state index contributed by atoms with van der Waals surface area (Å²) in [4.78, 5) is 11.8. The average Bonchev–Trinajstić information content (AvgIpc) is 2.25. The lowest BCUT2D eigenvalue weighted by atomic mass is 9.77. The molecule has 0 aromatic rings. The third-order valence-electron chi connectivity index (χ3n) is 3.95. The van der Waals surface area contributed by atoms with E-state index in [1.165, 1.54) is 0 Å². The van der Waals surface area contributed by atoms with Crippen LogP contribution >= 0.6 is 0 Å². The summed E-state index contributed by atoms with van der Waals surface area (Å²) in [5, 5.41) is 15.6. The first-order valence-corrected chi connectivity index (χ1v) is 6.37. The van der Waals surface area contributed by atoms with Gasteiger partial charge in [-0.05, 0) is 51.1 Å². The third-order valence-corrected chi connectivity index (χ3v) is 3.95. The highest BCUT2D eigenvalue weighted by Gasteiger charge is 2.37. The molecular formula is C12H22N2O2. The molecule has 92 valence electrons. The minimum absolute atomic E-state index is 0.0883. The van der Waals surface area contributed by atoms with Crippen molar-refractivity contribution < 1.29 is 9.90 Å². The average molecular weight is 226 g/mol. The number of aliphatic hydroxyl groups excluding tert-OH is 1. The lowest BCUT2D eigenvalue weighted by Gasteiger charge is -2.41. The van der Waals surface area contributed by atoms with Crippen LogP contribution in [-0.2, 0) is 4.79 Å². The number of nitrogens with one attached hydrogen (secondary N) is 2. The molecule has 0 aromatic heterocycles. The summed E-state index contributed by atoms with van der Waals surface area (Å²) >= 11 is 0. The number of rotatable bonds is 4. The molecule has 1 aliphatic carbocycles. The van der Waals surface area contributed by atoms with Crippen LogP contribution in [0.3, 0.4) is 0 Å². The first-order valence-electron chi connectivity index (χ1n) is 6.37. The largest absolute Gasteiger partial charge is 0.394 e. The first-order chi connectivity index (χ1) is 7.74. The molecule has 16 heavy (non-hydrogen) atoms. The maximum absolute atomic E-state index is 11.8. The van der Waals surface area contributed by atoms with Crippen LogP contribution in [0.2, 0.25) is 0 Å². The summed E-state index contributed by atoms with van der Waals surface area (Å²) in [5.74, 6) is 0.651. The van der Waals surface area contributed by atoms with E-state index in [-0.39, 0.29) is 18.1 Å². The molecule has 0 unspecified atom stereocenters. The molecular weight excluding hydrogens is 204 g/mol. The molecule has 1 saturated carbocycles.